The zero-order valence-corrected chi connectivity index (χ0v) is 15.8. The summed E-state index contributed by atoms with van der Waals surface area (Å²) in [5, 5.41) is 3.91. The summed E-state index contributed by atoms with van der Waals surface area (Å²) in [6, 6.07) is 7.29. The topological polar surface area (TPSA) is 48.3 Å². The van der Waals surface area contributed by atoms with Crippen molar-refractivity contribution in [2.45, 2.75) is 63.8 Å². The second-order valence-electron chi connectivity index (χ2n) is 7.35. The maximum atomic E-state index is 6.16. The number of hydrogen-bond acceptors (Lipinski definition) is 4. The van der Waals surface area contributed by atoms with E-state index in [9.17, 15) is 0 Å². The molecular weight excluding hydrogens is 326 g/mol. The van der Waals surface area contributed by atoms with Crippen molar-refractivity contribution in [1.82, 2.24) is 14.9 Å². The Morgan fingerprint density at radius 3 is 3.08 bits per heavy atom. The first-order chi connectivity index (χ1) is 12.8. The number of methoxy groups -OCH3 is 1. The zero-order chi connectivity index (χ0) is 17.9. The van der Waals surface area contributed by atoms with Crippen molar-refractivity contribution >= 4 is 0 Å². The van der Waals surface area contributed by atoms with Crippen LogP contribution in [-0.2, 0) is 24.1 Å². The van der Waals surface area contributed by atoms with Crippen LogP contribution >= 0.6 is 0 Å². The number of imidazole rings is 1. The van der Waals surface area contributed by atoms with Gasteiger partial charge in [0.15, 0.2) is 0 Å². The molecular formula is C21H29N3O2. The molecule has 5 nitrogen and oxygen atoms in total. The molecule has 0 spiro atoms. The number of benzene rings is 1. The Labute approximate surface area is 155 Å². The monoisotopic (exact) mass is 355 g/mol. The number of fused-ring (bicyclic) bond motifs is 1. The third kappa shape index (κ3) is 3.51. The quantitative estimate of drug-likeness (QED) is 0.894. The van der Waals surface area contributed by atoms with Gasteiger partial charge in [-0.05, 0) is 62.3 Å². The number of aryl methyl sites for hydroxylation is 2. The molecule has 0 saturated carbocycles. The van der Waals surface area contributed by atoms with Gasteiger partial charge in [-0.3, -0.25) is 0 Å². The van der Waals surface area contributed by atoms with E-state index >= 15 is 0 Å². The van der Waals surface area contributed by atoms with E-state index < -0.39 is 0 Å². The molecule has 1 fully saturated rings. The smallest absolute Gasteiger partial charge is 0.139 e. The number of rotatable bonds is 5. The molecule has 140 valence electrons. The molecule has 3 atom stereocenters. The van der Waals surface area contributed by atoms with Gasteiger partial charge in [0.25, 0.3) is 0 Å². The molecule has 1 aliphatic carbocycles. The predicted molar refractivity (Wildman–Crippen MR) is 102 cm³/mol. The predicted octanol–water partition coefficient (Wildman–Crippen LogP) is 3.28. The van der Waals surface area contributed by atoms with Gasteiger partial charge < -0.3 is 19.4 Å². The lowest BCUT2D eigenvalue weighted by molar-refractivity contribution is -0.0212. The minimum absolute atomic E-state index is 0.0467. The fraction of sp³-hybridized carbons (Fsp3) is 0.571. The Morgan fingerprint density at radius 1 is 1.31 bits per heavy atom. The highest BCUT2D eigenvalue weighted by molar-refractivity contribution is 5.38. The fourth-order valence-electron chi connectivity index (χ4n) is 4.36. The normalized spacial score (nSPS) is 25.7. The van der Waals surface area contributed by atoms with E-state index in [0.717, 1.165) is 50.4 Å². The highest BCUT2D eigenvalue weighted by Gasteiger charge is 2.32. The molecule has 0 amide bonds. The summed E-state index contributed by atoms with van der Waals surface area (Å²) >= 11 is 0. The molecule has 1 aromatic heterocycles. The minimum Gasteiger partial charge on any atom is -0.497 e. The first-order valence-electron chi connectivity index (χ1n) is 9.83. The average molecular weight is 355 g/mol. The van der Waals surface area contributed by atoms with Crippen LogP contribution in [0.4, 0.5) is 0 Å². The molecule has 2 heterocycles. The lowest BCUT2D eigenvalue weighted by Crippen LogP contribution is -2.47. The van der Waals surface area contributed by atoms with Crippen molar-refractivity contribution in [3.05, 3.63) is 47.5 Å². The standard InChI is InChI=1S/C21H29N3O2/c1-3-24-11-10-22-21(24)20-19(5-4-12-26-20)23-17-8-6-15-7-9-18(25-2)14-16(15)13-17/h7,9-11,14,17,19-20,23H,3-6,8,12-13H2,1-2H3/t17-,19-,20-/m0/s1. The van der Waals surface area contributed by atoms with Gasteiger partial charge in [-0.1, -0.05) is 6.07 Å². The fourth-order valence-corrected chi connectivity index (χ4v) is 4.36. The lowest BCUT2D eigenvalue weighted by atomic mass is 9.87. The van der Waals surface area contributed by atoms with Gasteiger partial charge in [-0.2, -0.15) is 0 Å². The molecule has 0 unspecified atom stereocenters. The number of hydrogen-bond donors (Lipinski definition) is 1. The molecule has 1 aromatic carbocycles. The molecule has 26 heavy (non-hydrogen) atoms. The maximum Gasteiger partial charge on any atom is 0.139 e. The van der Waals surface area contributed by atoms with Crippen LogP contribution in [0.3, 0.4) is 0 Å². The summed E-state index contributed by atoms with van der Waals surface area (Å²) < 4.78 is 13.8. The van der Waals surface area contributed by atoms with Crippen LogP contribution in [0.1, 0.15) is 49.2 Å². The zero-order valence-electron chi connectivity index (χ0n) is 15.8. The minimum atomic E-state index is 0.0467. The lowest BCUT2D eigenvalue weighted by Gasteiger charge is -2.36. The van der Waals surface area contributed by atoms with Gasteiger partial charge in [0.1, 0.15) is 17.7 Å². The SMILES string of the molecule is CCn1ccnc1[C@H]1OCCC[C@@H]1N[C@H]1CCc2ccc(OC)cc2C1. The Kier molecular flexibility index (Phi) is 5.27. The van der Waals surface area contributed by atoms with Gasteiger partial charge in [0, 0.05) is 37.6 Å². The third-order valence-corrected chi connectivity index (χ3v) is 5.76. The Bertz CT molecular complexity index is 743. The average Bonchev–Trinajstić information content (AvgIpc) is 3.16. The second-order valence-corrected chi connectivity index (χ2v) is 7.35. The van der Waals surface area contributed by atoms with E-state index in [4.69, 9.17) is 9.47 Å². The van der Waals surface area contributed by atoms with E-state index in [0.29, 0.717) is 12.1 Å². The van der Waals surface area contributed by atoms with E-state index in [1.54, 1.807) is 7.11 Å². The van der Waals surface area contributed by atoms with Gasteiger partial charge >= 0.3 is 0 Å². The molecule has 4 rings (SSSR count). The van der Waals surface area contributed by atoms with Gasteiger partial charge in [0.2, 0.25) is 0 Å². The first-order valence-corrected chi connectivity index (χ1v) is 9.83. The van der Waals surface area contributed by atoms with Crippen LogP contribution in [0.15, 0.2) is 30.6 Å². The number of ether oxygens (including phenoxy) is 2. The van der Waals surface area contributed by atoms with Crippen LogP contribution in [0, 0.1) is 0 Å². The van der Waals surface area contributed by atoms with Crippen molar-refractivity contribution in [2.75, 3.05) is 13.7 Å². The third-order valence-electron chi connectivity index (χ3n) is 5.76. The van der Waals surface area contributed by atoms with E-state index in [-0.39, 0.29) is 6.10 Å². The summed E-state index contributed by atoms with van der Waals surface area (Å²) in [6.45, 7) is 3.91. The molecule has 1 aliphatic heterocycles. The van der Waals surface area contributed by atoms with Crippen molar-refractivity contribution in [1.29, 1.82) is 0 Å². The summed E-state index contributed by atoms with van der Waals surface area (Å²) in [4.78, 5) is 4.59. The largest absolute Gasteiger partial charge is 0.497 e. The summed E-state index contributed by atoms with van der Waals surface area (Å²) in [7, 11) is 1.74. The number of nitrogens with zero attached hydrogens (tertiary/aromatic N) is 2. The van der Waals surface area contributed by atoms with Crippen molar-refractivity contribution in [3.63, 3.8) is 0 Å². The van der Waals surface area contributed by atoms with E-state index in [1.807, 2.05) is 12.4 Å². The van der Waals surface area contributed by atoms with Crippen LogP contribution in [0.25, 0.3) is 0 Å². The number of aromatic nitrogens is 2. The van der Waals surface area contributed by atoms with Gasteiger partial charge in [0.05, 0.1) is 7.11 Å². The van der Waals surface area contributed by atoms with Gasteiger partial charge in [-0.25, -0.2) is 4.98 Å². The molecule has 0 bridgehead atoms. The molecule has 2 aliphatic rings. The van der Waals surface area contributed by atoms with E-state index in [2.05, 4.69) is 40.0 Å². The molecule has 1 N–H and O–H groups in total. The molecule has 5 heteroatoms. The van der Waals surface area contributed by atoms with Crippen LogP contribution < -0.4 is 10.1 Å². The van der Waals surface area contributed by atoms with Crippen molar-refractivity contribution in [2.24, 2.45) is 0 Å². The molecule has 2 aromatic rings. The van der Waals surface area contributed by atoms with Crippen LogP contribution in [0.2, 0.25) is 0 Å². The van der Waals surface area contributed by atoms with E-state index in [1.165, 1.54) is 17.5 Å². The second kappa shape index (κ2) is 7.80. The molecule has 0 radical (unpaired) electrons. The van der Waals surface area contributed by atoms with Crippen molar-refractivity contribution < 1.29 is 9.47 Å². The highest BCUT2D eigenvalue weighted by Crippen LogP contribution is 2.30. The van der Waals surface area contributed by atoms with Crippen LogP contribution in [0.5, 0.6) is 5.75 Å². The Hall–Kier alpha value is -1.85. The summed E-state index contributed by atoms with van der Waals surface area (Å²) in [6.07, 6.45) is 9.58. The highest BCUT2D eigenvalue weighted by atomic mass is 16.5. The summed E-state index contributed by atoms with van der Waals surface area (Å²) in [5.74, 6) is 2.01. The Balaban J connectivity index is 1.48. The van der Waals surface area contributed by atoms with Gasteiger partial charge in [-0.15, -0.1) is 0 Å². The maximum absolute atomic E-state index is 6.16. The molecule has 1 saturated heterocycles. The van der Waals surface area contributed by atoms with Crippen LogP contribution in [-0.4, -0.2) is 35.4 Å². The summed E-state index contributed by atoms with van der Waals surface area (Å²) in [5.41, 5.74) is 2.87. The first kappa shape index (κ1) is 17.6. The van der Waals surface area contributed by atoms with Crippen molar-refractivity contribution in [3.8, 4) is 5.75 Å². The number of nitrogens with one attached hydrogen (secondary N) is 1. The Morgan fingerprint density at radius 2 is 2.23 bits per heavy atom.